The molecule has 12 heteroatoms. The van der Waals surface area contributed by atoms with E-state index in [0.29, 0.717) is 32.4 Å². The summed E-state index contributed by atoms with van der Waals surface area (Å²) in [5.41, 5.74) is 7.00. The van der Waals surface area contributed by atoms with Gasteiger partial charge in [-0.2, -0.15) is 0 Å². The van der Waals surface area contributed by atoms with Gasteiger partial charge in [0, 0.05) is 38.7 Å². The first-order chi connectivity index (χ1) is 16.5. The van der Waals surface area contributed by atoms with Crippen LogP contribution in [0.2, 0.25) is 0 Å². The highest BCUT2D eigenvalue weighted by Gasteiger charge is 2.17. The Kier molecular flexibility index (Phi) is 13.6. The van der Waals surface area contributed by atoms with Crippen LogP contribution in [0.5, 0.6) is 5.75 Å². The van der Waals surface area contributed by atoms with E-state index in [1.165, 1.54) is 13.2 Å². The lowest BCUT2D eigenvalue weighted by Gasteiger charge is -2.15. The van der Waals surface area contributed by atoms with Crippen molar-refractivity contribution in [2.24, 2.45) is 11.7 Å². The molecule has 0 aromatic heterocycles. The SMILES string of the molecule is COCCNC(=O)/C(Br)=C\C(=O)NCCCC(=O)Nc1cc(CC(N)CC(C)C(=O)O)ccc1O. The molecule has 0 aliphatic rings. The summed E-state index contributed by atoms with van der Waals surface area (Å²) >= 11 is 3.04. The van der Waals surface area contributed by atoms with Crippen LogP contribution in [0.1, 0.15) is 31.7 Å². The smallest absolute Gasteiger partial charge is 0.306 e. The minimum absolute atomic E-state index is 0.0661. The number of carboxylic acid groups (broad SMARTS) is 1. The van der Waals surface area contributed by atoms with Crippen LogP contribution in [0, 0.1) is 5.92 Å². The second-order valence-electron chi connectivity index (χ2n) is 7.97. The monoisotopic (exact) mass is 556 g/mol. The van der Waals surface area contributed by atoms with Crippen molar-refractivity contribution in [3.05, 3.63) is 34.3 Å². The number of halogens is 1. The average Bonchev–Trinajstić information content (AvgIpc) is 2.78. The second kappa shape index (κ2) is 15.8. The number of anilines is 1. The third-order valence-corrected chi connectivity index (χ3v) is 5.45. The molecule has 194 valence electrons. The highest BCUT2D eigenvalue weighted by Crippen LogP contribution is 2.25. The van der Waals surface area contributed by atoms with E-state index in [1.807, 2.05) is 0 Å². The molecule has 3 amide bonds. The molecule has 1 aromatic rings. The molecule has 35 heavy (non-hydrogen) atoms. The van der Waals surface area contributed by atoms with Gasteiger partial charge < -0.3 is 36.6 Å². The van der Waals surface area contributed by atoms with E-state index >= 15 is 0 Å². The molecule has 1 aromatic carbocycles. The molecule has 2 atom stereocenters. The van der Waals surface area contributed by atoms with Crippen molar-refractivity contribution in [2.75, 3.05) is 32.1 Å². The number of carbonyl (C=O) groups excluding carboxylic acids is 3. The van der Waals surface area contributed by atoms with Crippen molar-refractivity contribution in [1.82, 2.24) is 10.6 Å². The van der Waals surface area contributed by atoms with Gasteiger partial charge in [0.25, 0.3) is 5.91 Å². The minimum atomic E-state index is -0.914. The molecule has 0 fully saturated rings. The largest absolute Gasteiger partial charge is 0.506 e. The average molecular weight is 557 g/mol. The normalized spacial score (nSPS) is 13.0. The highest BCUT2D eigenvalue weighted by atomic mass is 79.9. The zero-order valence-corrected chi connectivity index (χ0v) is 21.4. The number of ether oxygens (including phenoxy) is 1. The Morgan fingerprint density at radius 3 is 2.57 bits per heavy atom. The first-order valence-corrected chi connectivity index (χ1v) is 11.8. The number of carbonyl (C=O) groups is 4. The molecule has 11 nitrogen and oxygen atoms in total. The van der Waals surface area contributed by atoms with Gasteiger partial charge in [-0.3, -0.25) is 19.2 Å². The van der Waals surface area contributed by atoms with Crippen molar-refractivity contribution in [2.45, 2.75) is 38.6 Å². The number of phenols is 1. The van der Waals surface area contributed by atoms with E-state index in [0.717, 1.165) is 11.6 Å². The van der Waals surface area contributed by atoms with Gasteiger partial charge in [0.2, 0.25) is 11.8 Å². The fourth-order valence-electron chi connectivity index (χ4n) is 3.01. The quantitative estimate of drug-likeness (QED) is 0.106. The van der Waals surface area contributed by atoms with Gasteiger partial charge in [-0.15, -0.1) is 0 Å². The van der Waals surface area contributed by atoms with Crippen LogP contribution in [0.4, 0.5) is 5.69 Å². The molecular formula is C23H33BrN4O7. The van der Waals surface area contributed by atoms with Crippen molar-refractivity contribution >= 4 is 45.3 Å². The maximum absolute atomic E-state index is 12.2. The number of aliphatic carboxylic acids is 1. The topological polar surface area (TPSA) is 180 Å². The molecule has 0 saturated heterocycles. The Hall–Kier alpha value is -2.96. The summed E-state index contributed by atoms with van der Waals surface area (Å²) in [6.45, 7) is 2.45. The van der Waals surface area contributed by atoms with Crippen molar-refractivity contribution in [3.8, 4) is 5.75 Å². The number of amides is 3. The Bertz CT molecular complexity index is 923. The lowest BCUT2D eigenvalue weighted by Crippen LogP contribution is -2.28. The second-order valence-corrected chi connectivity index (χ2v) is 8.83. The first kappa shape index (κ1) is 30.1. The summed E-state index contributed by atoms with van der Waals surface area (Å²) in [4.78, 5) is 46.9. The van der Waals surface area contributed by atoms with Crippen LogP contribution in [-0.4, -0.2) is 66.8 Å². The van der Waals surface area contributed by atoms with Gasteiger partial charge in [-0.25, -0.2) is 0 Å². The molecule has 7 N–H and O–H groups in total. The van der Waals surface area contributed by atoms with E-state index in [9.17, 15) is 24.3 Å². The van der Waals surface area contributed by atoms with Crippen LogP contribution in [-0.2, 0) is 30.3 Å². The summed E-state index contributed by atoms with van der Waals surface area (Å²) in [7, 11) is 1.51. The molecule has 1 rings (SSSR count). The lowest BCUT2D eigenvalue weighted by molar-refractivity contribution is -0.141. The standard InChI is InChI=1S/C23H33BrN4O7/c1-14(23(33)34)10-16(25)11-15-5-6-19(29)18(12-15)28-20(30)4-3-7-26-21(31)13-17(24)22(32)27-8-9-35-2/h5-6,12-14,16,29H,3-4,7-11,25H2,1-2H3,(H,26,31)(H,27,32)(H,28,30)(H,33,34)/b17-13+. The fourth-order valence-corrected chi connectivity index (χ4v) is 3.36. The van der Waals surface area contributed by atoms with E-state index < -0.39 is 23.7 Å². The van der Waals surface area contributed by atoms with Crippen molar-refractivity contribution in [1.29, 1.82) is 0 Å². The molecule has 2 unspecified atom stereocenters. The van der Waals surface area contributed by atoms with Crippen LogP contribution in [0.15, 0.2) is 28.8 Å². The number of rotatable bonds is 15. The van der Waals surface area contributed by atoms with Gasteiger partial charge in [0.15, 0.2) is 0 Å². The Morgan fingerprint density at radius 1 is 1.20 bits per heavy atom. The summed E-state index contributed by atoms with van der Waals surface area (Å²) < 4.78 is 4.89. The van der Waals surface area contributed by atoms with E-state index in [1.54, 1.807) is 19.1 Å². The van der Waals surface area contributed by atoms with Crippen LogP contribution in [0.3, 0.4) is 0 Å². The van der Waals surface area contributed by atoms with Crippen molar-refractivity contribution < 1.29 is 34.1 Å². The number of methoxy groups -OCH3 is 1. The third kappa shape index (κ3) is 12.3. The van der Waals surface area contributed by atoms with E-state index in [-0.39, 0.29) is 40.8 Å². The fraction of sp³-hybridized carbons (Fsp3) is 0.478. The number of hydrogen-bond acceptors (Lipinski definition) is 7. The number of hydrogen-bond donors (Lipinski definition) is 6. The Balaban J connectivity index is 2.47. The highest BCUT2D eigenvalue weighted by molar-refractivity contribution is 9.12. The predicted octanol–water partition coefficient (Wildman–Crippen LogP) is 1.25. The number of nitrogens with two attached hydrogens (primary N) is 1. The lowest BCUT2D eigenvalue weighted by atomic mass is 9.96. The van der Waals surface area contributed by atoms with Gasteiger partial charge in [-0.1, -0.05) is 13.0 Å². The number of aromatic hydroxyl groups is 1. The molecule has 0 bridgehead atoms. The van der Waals surface area contributed by atoms with E-state index in [4.69, 9.17) is 15.6 Å². The zero-order chi connectivity index (χ0) is 26.4. The summed E-state index contributed by atoms with van der Waals surface area (Å²) in [6.07, 6.45) is 2.21. The first-order valence-electron chi connectivity index (χ1n) is 11.1. The van der Waals surface area contributed by atoms with Crippen LogP contribution >= 0.6 is 15.9 Å². The Morgan fingerprint density at radius 2 is 1.91 bits per heavy atom. The summed E-state index contributed by atoms with van der Waals surface area (Å²) in [6, 6.07) is 4.31. The molecule has 0 spiro atoms. The minimum Gasteiger partial charge on any atom is -0.506 e. The zero-order valence-electron chi connectivity index (χ0n) is 19.8. The van der Waals surface area contributed by atoms with Crippen molar-refractivity contribution in [3.63, 3.8) is 0 Å². The number of benzene rings is 1. The number of carboxylic acids is 1. The van der Waals surface area contributed by atoms with Gasteiger partial charge in [0.1, 0.15) is 5.75 Å². The van der Waals surface area contributed by atoms with Crippen LogP contribution < -0.4 is 21.7 Å². The molecule has 0 aliphatic carbocycles. The van der Waals surface area contributed by atoms with Gasteiger partial charge >= 0.3 is 5.97 Å². The summed E-state index contributed by atoms with van der Waals surface area (Å²) in [5.74, 6) is -2.89. The molecular weight excluding hydrogens is 524 g/mol. The third-order valence-electron chi connectivity index (χ3n) is 4.86. The molecule has 0 heterocycles. The van der Waals surface area contributed by atoms with Gasteiger partial charge in [-0.05, 0) is 52.9 Å². The molecule has 0 radical (unpaired) electrons. The summed E-state index contributed by atoms with van der Waals surface area (Å²) in [5, 5.41) is 26.8. The number of phenolic OH excluding ortho intramolecular Hbond substituents is 1. The van der Waals surface area contributed by atoms with Gasteiger partial charge in [0.05, 0.1) is 22.7 Å². The maximum Gasteiger partial charge on any atom is 0.306 e. The van der Waals surface area contributed by atoms with Crippen LogP contribution in [0.25, 0.3) is 0 Å². The maximum atomic E-state index is 12.2. The number of nitrogens with one attached hydrogen (secondary N) is 3. The van der Waals surface area contributed by atoms with E-state index in [2.05, 4.69) is 31.9 Å². The molecule has 0 saturated carbocycles. The Labute approximate surface area is 212 Å². The predicted molar refractivity (Wildman–Crippen MR) is 134 cm³/mol. The molecule has 0 aliphatic heterocycles.